The molecular weight excluding hydrogens is 150 g/mol. The fourth-order valence-corrected chi connectivity index (χ4v) is 0.854. The normalized spacial score (nSPS) is 8.00. The molecule has 0 saturated heterocycles. The molecule has 0 bridgehead atoms. The molecule has 1 N–H and O–H groups in total. The van der Waals surface area contributed by atoms with E-state index in [0.717, 1.165) is 0 Å². The third kappa shape index (κ3) is 1.56. The molecule has 1 aromatic rings. The molecule has 0 heterocycles. The lowest BCUT2D eigenvalue weighted by molar-refractivity contribution is 0.471. The molecule has 1 aromatic carbocycles. The zero-order valence-corrected chi connectivity index (χ0v) is 6.63. The Balaban J connectivity index is 3.19. The van der Waals surface area contributed by atoms with Gasteiger partial charge in [0.2, 0.25) is 0 Å². The van der Waals surface area contributed by atoms with Gasteiger partial charge in [-0.3, -0.25) is 0 Å². The molecule has 0 unspecified atom stereocenters. The van der Waals surface area contributed by atoms with E-state index in [-0.39, 0.29) is 5.75 Å². The summed E-state index contributed by atoms with van der Waals surface area (Å²) in [5.41, 5.74) is 1.40. The van der Waals surface area contributed by atoms with Crippen LogP contribution in [0.15, 0.2) is 18.2 Å². The van der Waals surface area contributed by atoms with Gasteiger partial charge >= 0.3 is 0 Å². The van der Waals surface area contributed by atoms with E-state index in [1.54, 1.807) is 31.2 Å². The van der Waals surface area contributed by atoms with E-state index in [1.165, 1.54) is 0 Å². The highest BCUT2D eigenvalue weighted by atomic mass is 16.3. The second-order valence-corrected chi connectivity index (χ2v) is 2.31. The Labute approximate surface area is 71.1 Å². The first-order valence-electron chi connectivity index (χ1n) is 3.44. The third-order valence-corrected chi connectivity index (χ3v) is 1.56. The smallest absolute Gasteiger partial charge is 0.152 e. The molecule has 0 atom stereocenters. The SMILES string of the molecule is Cc1c(O)cccc1C#CC#N. The quantitative estimate of drug-likeness (QED) is 0.581. The predicted molar refractivity (Wildman–Crippen MR) is 45.3 cm³/mol. The van der Waals surface area contributed by atoms with E-state index < -0.39 is 0 Å². The molecular formula is C10H7NO. The van der Waals surface area contributed by atoms with Crippen LogP contribution in [0.5, 0.6) is 5.75 Å². The molecule has 0 aliphatic heterocycles. The number of aromatic hydroxyl groups is 1. The van der Waals surface area contributed by atoms with E-state index in [4.69, 9.17) is 5.26 Å². The molecule has 0 aliphatic rings. The summed E-state index contributed by atoms with van der Waals surface area (Å²) in [5.74, 6) is 5.12. The van der Waals surface area contributed by atoms with Crippen molar-refractivity contribution in [2.24, 2.45) is 0 Å². The van der Waals surface area contributed by atoms with Gasteiger partial charge in [-0.1, -0.05) is 12.0 Å². The number of rotatable bonds is 0. The maximum Gasteiger partial charge on any atom is 0.152 e. The van der Waals surface area contributed by atoms with E-state index in [1.807, 2.05) is 0 Å². The van der Waals surface area contributed by atoms with Crippen molar-refractivity contribution >= 4 is 0 Å². The topological polar surface area (TPSA) is 44.0 Å². The van der Waals surface area contributed by atoms with Crippen LogP contribution >= 0.6 is 0 Å². The van der Waals surface area contributed by atoms with E-state index >= 15 is 0 Å². The van der Waals surface area contributed by atoms with Crippen LogP contribution in [0.3, 0.4) is 0 Å². The summed E-state index contributed by atoms with van der Waals surface area (Å²) in [6.45, 7) is 1.76. The summed E-state index contributed by atoms with van der Waals surface area (Å²) in [4.78, 5) is 0. The van der Waals surface area contributed by atoms with Crippen molar-refractivity contribution < 1.29 is 5.11 Å². The molecule has 12 heavy (non-hydrogen) atoms. The van der Waals surface area contributed by atoms with Crippen LogP contribution in [-0.4, -0.2) is 5.11 Å². The van der Waals surface area contributed by atoms with Crippen molar-refractivity contribution in [2.75, 3.05) is 0 Å². The van der Waals surface area contributed by atoms with Crippen LogP contribution in [0, 0.1) is 30.1 Å². The molecule has 0 radical (unpaired) electrons. The maximum absolute atomic E-state index is 9.25. The Hall–Kier alpha value is -1.93. The molecule has 0 aliphatic carbocycles. The van der Waals surface area contributed by atoms with Gasteiger partial charge in [-0.05, 0) is 19.1 Å². The van der Waals surface area contributed by atoms with Gasteiger partial charge < -0.3 is 5.11 Å². The van der Waals surface area contributed by atoms with Crippen molar-refractivity contribution in [1.82, 2.24) is 0 Å². The summed E-state index contributed by atoms with van der Waals surface area (Å²) in [6, 6.07) is 6.77. The third-order valence-electron chi connectivity index (χ3n) is 1.56. The molecule has 0 spiro atoms. The minimum atomic E-state index is 0.208. The molecule has 58 valence electrons. The van der Waals surface area contributed by atoms with E-state index in [0.29, 0.717) is 11.1 Å². The monoisotopic (exact) mass is 157 g/mol. The fraction of sp³-hybridized carbons (Fsp3) is 0.100. The van der Waals surface area contributed by atoms with Gasteiger partial charge in [0.1, 0.15) is 5.75 Å². The Morgan fingerprint density at radius 2 is 2.17 bits per heavy atom. The Morgan fingerprint density at radius 3 is 2.83 bits per heavy atom. The Morgan fingerprint density at radius 1 is 1.42 bits per heavy atom. The van der Waals surface area contributed by atoms with Crippen LogP contribution in [0.2, 0.25) is 0 Å². The number of nitrogens with zero attached hydrogens (tertiary/aromatic N) is 1. The van der Waals surface area contributed by atoms with Crippen LogP contribution in [0.25, 0.3) is 0 Å². The minimum Gasteiger partial charge on any atom is -0.508 e. The second kappa shape index (κ2) is 3.46. The first-order chi connectivity index (χ1) is 5.75. The first-order valence-corrected chi connectivity index (χ1v) is 3.44. The Bertz CT molecular complexity index is 391. The number of phenols is 1. The average molecular weight is 157 g/mol. The van der Waals surface area contributed by atoms with Crippen LogP contribution in [0.1, 0.15) is 11.1 Å². The molecule has 0 saturated carbocycles. The first kappa shape index (κ1) is 8.17. The predicted octanol–water partition coefficient (Wildman–Crippen LogP) is 1.58. The lowest BCUT2D eigenvalue weighted by Crippen LogP contribution is -1.81. The molecule has 2 nitrogen and oxygen atoms in total. The summed E-state index contributed by atoms with van der Waals surface area (Å²) in [7, 11) is 0. The zero-order chi connectivity index (χ0) is 8.97. The van der Waals surface area contributed by atoms with Gasteiger partial charge in [-0.25, -0.2) is 0 Å². The van der Waals surface area contributed by atoms with Crippen molar-refractivity contribution in [3.8, 4) is 23.7 Å². The highest BCUT2D eigenvalue weighted by Gasteiger charge is 1.97. The minimum absolute atomic E-state index is 0.208. The molecule has 1 rings (SSSR count). The lowest BCUT2D eigenvalue weighted by Gasteiger charge is -1.98. The standard InChI is InChI=1S/C10H7NO/c1-8-9(5-3-7-11)4-2-6-10(8)12/h2,4,6,12H,1H3. The lowest BCUT2D eigenvalue weighted by atomic mass is 10.1. The maximum atomic E-state index is 9.25. The number of hydrogen-bond acceptors (Lipinski definition) is 2. The van der Waals surface area contributed by atoms with Crippen LogP contribution in [-0.2, 0) is 0 Å². The molecule has 0 aromatic heterocycles. The highest BCUT2D eigenvalue weighted by Crippen LogP contribution is 2.18. The number of benzene rings is 1. The van der Waals surface area contributed by atoms with Gasteiger partial charge in [-0.15, -0.1) is 0 Å². The zero-order valence-electron chi connectivity index (χ0n) is 6.63. The van der Waals surface area contributed by atoms with Crippen molar-refractivity contribution in [3.63, 3.8) is 0 Å². The van der Waals surface area contributed by atoms with Gasteiger partial charge in [0, 0.05) is 17.0 Å². The fourth-order valence-electron chi connectivity index (χ4n) is 0.854. The van der Waals surface area contributed by atoms with E-state index in [9.17, 15) is 5.11 Å². The number of nitriles is 1. The molecule has 0 fully saturated rings. The van der Waals surface area contributed by atoms with Crippen molar-refractivity contribution in [2.45, 2.75) is 6.92 Å². The number of phenolic OH excluding ortho intramolecular Hbond substituents is 1. The summed E-state index contributed by atoms with van der Waals surface area (Å²) < 4.78 is 0. The average Bonchev–Trinajstić information content (AvgIpc) is 2.08. The Kier molecular flexibility index (Phi) is 2.35. The molecule has 2 heteroatoms. The van der Waals surface area contributed by atoms with Crippen molar-refractivity contribution in [1.29, 1.82) is 5.26 Å². The van der Waals surface area contributed by atoms with Gasteiger partial charge in [0.25, 0.3) is 0 Å². The summed E-state index contributed by atoms with van der Waals surface area (Å²) in [5, 5.41) is 17.5. The summed E-state index contributed by atoms with van der Waals surface area (Å²) >= 11 is 0. The van der Waals surface area contributed by atoms with Gasteiger partial charge in [-0.2, -0.15) is 5.26 Å². The van der Waals surface area contributed by atoms with Gasteiger partial charge in [0.05, 0.1) is 0 Å². The number of hydrogen-bond donors (Lipinski definition) is 1. The summed E-state index contributed by atoms with van der Waals surface area (Å²) in [6.07, 6.45) is 0. The second-order valence-electron chi connectivity index (χ2n) is 2.31. The molecule has 0 amide bonds. The largest absolute Gasteiger partial charge is 0.508 e. The van der Waals surface area contributed by atoms with Crippen molar-refractivity contribution in [3.05, 3.63) is 29.3 Å². The van der Waals surface area contributed by atoms with E-state index in [2.05, 4.69) is 11.8 Å². The van der Waals surface area contributed by atoms with Gasteiger partial charge in [0.15, 0.2) is 6.07 Å². The van der Waals surface area contributed by atoms with Crippen LogP contribution in [0.4, 0.5) is 0 Å². The highest BCUT2D eigenvalue weighted by molar-refractivity contribution is 5.48. The van der Waals surface area contributed by atoms with Crippen LogP contribution < -0.4 is 0 Å².